The fourth-order valence-corrected chi connectivity index (χ4v) is 3.84. The number of carbonyl (C=O) groups excluding carboxylic acids is 1. The first-order valence-corrected chi connectivity index (χ1v) is 9.13. The maximum atomic E-state index is 13.0. The van der Waals surface area contributed by atoms with E-state index in [0.29, 0.717) is 19.0 Å². The van der Waals surface area contributed by atoms with Crippen LogP contribution in [0.25, 0.3) is 0 Å². The molecule has 2 aliphatic heterocycles. The minimum atomic E-state index is -0.212. The van der Waals surface area contributed by atoms with Crippen molar-refractivity contribution in [3.63, 3.8) is 0 Å². The summed E-state index contributed by atoms with van der Waals surface area (Å²) in [7, 11) is 0. The average Bonchev–Trinajstić information content (AvgIpc) is 3.10. The fraction of sp³-hybridized carbons (Fsp3) is 0.550. The van der Waals surface area contributed by atoms with E-state index in [1.54, 1.807) is 0 Å². The van der Waals surface area contributed by atoms with Crippen LogP contribution in [0.3, 0.4) is 0 Å². The molecule has 0 spiro atoms. The lowest BCUT2D eigenvalue weighted by molar-refractivity contribution is -0.127. The molecule has 134 valence electrons. The molecular formula is C20H26FN3O. The number of amides is 1. The molecule has 4 nitrogen and oxygen atoms in total. The first kappa shape index (κ1) is 17.8. The normalized spacial score (nSPS) is 24.1. The number of piperidine rings is 1. The molecule has 0 saturated carbocycles. The number of likely N-dealkylation sites (tertiary alicyclic amines) is 1. The molecule has 1 amide bonds. The number of anilines is 1. The predicted octanol–water partition coefficient (Wildman–Crippen LogP) is 2.26. The molecule has 3 rings (SSSR count). The molecule has 0 bridgehead atoms. The second kappa shape index (κ2) is 8.35. The molecule has 2 heterocycles. The standard InChI is InChI=1S/C20H26FN3O/c1-2-11-23-12-4-3-5-19(23)20(25)22-14-16-10-13-24(15-16)18-8-6-17(21)7-9-18/h1,6-9,16,19H,3-5,10-15H2,(H,22,25)/t16-,19-/m1/s1. The molecule has 25 heavy (non-hydrogen) atoms. The third-order valence-corrected chi connectivity index (χ3v) is 5.25. The van der Waals surface area contributed by atoms with E-state index in [2.05, 4.69) is 21.0 Å². The lowest BCUT2D eigenvalue weighted by atomic mass is 10.0. The first-order chi connectivity index (χ1) is 12.2. The summed E-state index contributed by atoms with van der Waals surface area (Å²) < 4.78 is 13.0. The maximum Gasteiger partial charge on any atom is 0.237 e. The number of nitrogens with zero attached hydrogens (tertiary/aromatic N) is 2. The van der Waals surface area contributed by atoms with Crippen molar-refractivity contribution in [2.45, 2.75) is 31.7 Å². The highest BCUT2D eigenvalue weighted by atomic mass is 19.1. The fourth-order valence-electron chi connectivity index (χ4n) is 3.84. The Morgan fingerprint density at radius 1 is 1.24 bits per heavy atom. The monoisotopic (exact) mass is 343 g/mol. The van der Waals surface area contributed by atoms with E-state index < -0.39 is 0 Å². The Bertz CT molecular complexity index is 625. The number of rotatable bonds is 5. The van der Waals surface area contributed by atoms with Gasteiger partial charge in [0, 0.05) is 25.3 Å². The van der Waals surface area contributed by atoms with Gasteiger partial charge in [-0.1, -0.05) is 12.3 Å². The van der Waals surface area contributed by atoms with E-state index in [9.17, 15) is 9.18 Å². The summed E-state index contributed by atoms with van der Waals surface area (Å²) in [5, 5.41) is 3.13. The van der Waals surface area contributed by atoms with Crippen molar-refractivity contribution in [2.75, 3.05) is 37.6 Å². The van der Waals surface area contributed by atoms with Gasteiger partial charge in [0.2, 0.25) is 5.91 Å². The molecule has 5 heteroatoms. The van der Waals surface area contributed by atoms with Gasteiger partial charge in [-0.2, -0.15) is 0 Å². The zero-order valence-corrected chi connectivity index (χ0v) is 14.6. The van der Waals surface area contributed by atoms with Gasteiger partial charge < -0.3 is 10.2 Å². The molecule has 0 unspecified atom stereocenters. The number of benzene rings is 1. The van der Waals surface area contributed by atoms with Crippen LogP contribution in [-0.2, 0) is 4.79 Å². The van der Waals surface area contributed by atoms with E-state index in [4.69, 9.17) is 6.42 Å². The molecule has 1 aromatic carbocycles. The van der Waals surface area contributed by atoms with Crippen molar-refractivity contribution < 1.29 is 9.18 Å². The van der Waals surface area contributed by atoms with Crippen LogP contribution >= 0.6 is 0 Å². The van der Waals surface area contributed by atoms with Gasteiger partial charge in [-0.05, 0) is 56.0 Å². The van der Waals surface area contributed by atoms with Crippen LogP contribution in [0, 0.1) is 24.1 Å². The Kier molecular flexibility index (Phi) is 5.93. The van der Waals surface area contributed by atoms with Gasteiger partial charge in [0.1, 0.15) is 5.82 Å². The van der Waals surface area contributed by atoms with Crippen LogP contribution in [0.4, 0.5) is 10.1 Å². The molecule has 2 aliphatic rings. The number of nitrogens with one attached hydrogen (secondary N) is 1. The number of carbonyl (C=O) groups is 1. The Labute approximate surface area is 149 Å². The van der Waals surface area contributed by atoms with Gasteiger partial charge in [-0.3, -0.25) is 9.69 Å². The van der Waals surface area contributed by atoms with Crippen molar-refractivity contribution >= 4 is 11.6 Å². The number of hydrogen-bond donors (Lipinski definition) is 1. The van der Waals surface area contributed by atoms with Crippen LogP contribution in [0.1, 0.15) is 25.7 Å². The molecule has 2 saturated heterocycles. The molecular weight excluding hydrogens is 317 g/mol. The van der Waals surface area contributed by atoms with Crippen LogP contribution in [-0.4, -0.2) is 49.6 Å². The van der Waals surface area contributed by atoms with E-state index in [0.717, 1.165) is 51.0 Å². The van der Waals surface area contributed by atoms with E-state index in [1.165, 1.54) is 12.1 Å². The first-order valence-electron chi connectivity index (χ1n) is 9.13. The van der Waals surface area contributed by atoms with E-state index in [1.807, 2.05) is 12.1 Å². The molecule has 0 radical (unpaired) electrons. The summed E-state index contributed by atoms with van der Waals surface area (Å²) in [5.74, 6) is 2.98. The van der Waals surface area contributed by atoms with Crippen LogP contribution in [0.15, 0.2) is 24.3 Å². The lowest BCUT2D eigenvalue weighted by Gasteiger charge is -2.33. The van der Waals surface area contributed by atoms with Gasteiger partial charge in [0.05, 0.1) is 12.6 Å². The highest BCUT2D eigenvalue weighted by Crippen LogP contribution is 2.24. The van der Waals surface area contributed by atoms with Crippen molar-refractivity contribution in [3.8, 4) is 12.3 Å². The Balaban J connectivity index is 1.48. The van der Waals surface area contributed by atoms with Crippen molar-refractivity contribution in [1.29, 1.82) is 0 Å². The summed E-state index contributed by atoms with van der Waals surface area (Å²) >= 11 is 0. The highest BCUT2D eigenvalue weighted by molar-refractivity contribution is 5.81. The van der Waals surface area contributed by atoms with E-state index in [-0.39, 0.29) is 17.8 Å². The molecule has 1 N–H and O–H groups in total. The third kappa shape index (κ3) is 4.52. The average molecular weight is 343 g/mol. The maximum absolute atomic E-state index is 13.0. The minimum Gasteiger partial charge on any atom is -0.371 e. The van der Waals surface area contributed by atoms with Gasteiger partial charge in [0.15, 0.2) is 0 Å². The largest absolute Gasteiger partial charge is 0.371 e. The Hall–Kier alpha value is -2.06. The van der Waals surface area contributed by atoms with Crippen LogP contribution in [0.5, 0.6) is 0 Å². The SMILES string of the molecule is C#CCN1CCCC[C@@H]1C(=O)NC[C@H]1CCN(c2ccc(F)cc2)C1. The van der Waals surface area contributed by atoms with Gasteiger partial charge >= 0.3 is 0 Å². The number of halogens is 1. The molecule has 2 fully saturated rings. The van der Waals surface area contributed by atoms with Crippen LogP contribution in [0.2, 0.25) is 0 Å². The predicted molar refractivity (Wildman–Crippen MR) is 97.8 cm³/mol. The lowest BCUT2D eigenvalue weighted by Crippen LogP contribution is -2.50. The van der Waals surface area contributed by atoms with Crippen LogP contribution < -0.4 is 10.2 Å². The number of terminal acetylenes is 1. The van der Waals surface area contributed by atoms with Gasteiger partial charge in [-0.15, -0.1) is 6.42 Å². The summed E-state index contributed by atoms with van der Waals surface area (Å²) in [4.78, 5) is 16.9. The quantitative estimate of drug-likeness (QED) is 0.833. The molecule has 0 aromatic heterocycles. The molecule has 1 aromatic rings. The summed E-state index contributed by atoms with van der Waals surface area (Å²) in [6.07, 6.45) is 9.55. The molecule has 2 atom stereocenters. The van der Waals surface area contributed by atoms with Crippen molar-refractivity contribution in [2.24, 2.45) is 5.92 Å². The summed E-state index contributed by atoms with van der Waals surface area (Å²) in [6, 6.07) is 6.53. The van der Waals surface area contributed by atoms with Crippen molar-refractivity contribution in [1.82, 2.24) is 10.2 Å². The topological polar surface area (TPSA) is 35.6 Å². The minimum absolute atomic E-state index is 0.0839. The van der Waals surface area contributed by atoms with Gasteiger partial charge in [-0.25, -0.2) is 4.39 Å². The summed E-state index contributed by atoms with van der Waals surface area (Å²) in [5.41, 5.74) is 1.04. The third-order valence-electron chi connectivity index (χ3n) is 5.25. The second-order valence-corrected chi connectivity index (χ2v) is 7.01. The highest BCUT2D eigenvalue weighted by Gasteiger charge is 2.29. The Morgan fingerprint density at radius 3 is 2.80 bits per heavy atom. The summed E-state index contributed by atoms with van der Waals surface area (Å²) in [6.45, 7) is 3.98. The zero-order valence-electron chi connectivity index (χ0n) is 14.6. The van der Waals surface area contributed by atoms with Crippen molar-refractivity contribution in [3.05, 3.63) is 30.1 Å². The zero-order chi connectivity index (χ0) is 17.6. The second-order valence-electron chi connectivity index (χ2n) is 7.01. The molecule has 0 aliphatic carbocycles. The Morgan fingerprint density at radius 2 is 2.04 bits per heavy atom. The smallest absolute Gasteiger partial charge is 0.237 e. The van der Waals surface area contributed by atoms with E-state index >= 15 is 0 Å². The number of hydrogen-bond acceptors (Lipinski definition) is 3. The van der Waals surface area contributed by atoms with Gasteiger partial charge in [0.25, 0.3) is 0 Å².